The first-order valence-electron chi connectivity index (χ1n) is 3.82. The second kappa shape index (κ2) is 4.20. The standard InChI is InChI=1S/C7H17NO3S/c1-7(2,4-5-9)6-8-12(3,10)11/h8-9H,4-6H2,1-3H3. The van der Waals surface area contributed by atoms with Crippen LogP contribution >= 0.6 is 0 Å². The summed E-state index contributed by atoms with van der Waals surface area (Å²) in [6.45, 7) is 4.26. The van der Waals surface area contributed by atoms with E-state index in [-0.39, 0.29) is 12.0 Å². The van der Waals surface area contributed by atoms with Crippen LogP contribution in [0.1, 0.15) is 20.3 Å². The van der Waals surface area contributed by atoms with Crippen LogP contribution in [0.3, 0.4) is 0 Å². The molecule has 4 nitrogen and oxygen atoms in total. The van der Waals surface area contributed by atoms with Crippen LogP contribution in [0.2, 0.25) is 0 Å². The van der Waals surface area contributed by atoms with Crippen molar-refractivity contribution < 1.29 is 13.5 Å². The molecule has 0 saturated carbocycles. The molecule has 12 heavy (non-hydrogen) atoms. The topological polar surface area (TPSA) is 66.4 Å². The molecule has 0 spiro atoms. The molecule has 0 atom stereocenters. The minimum Gasteiger partial charge on any atom is -0.396 e. The van der Waals surface area contributed by atoms with Gasteiger partial charge in [-0.05, 0) is 11.8 Å². The highest BCUT2D eigenvalue weighted by Crippen LogP contribution is 2.17. The second-order valence-electron chi connectivity index (χ2n) is 3.73. The molecule has 0 unspecified atom stereocenters. The number of aliphatic hydroxyl groups excluding tert-OH is 1. The molecule has 5 heteroatoms. The Hall–Kier alpha value is -0.130. The van der Waals surface area contributed by atoms with Crippen LogP contribution in [0.5, 0.6) is 0 Å². The van der Waals surface area contributed by atoms with E-state index in [1.807, 2.05) is 13.8 Å². The molecule has 0 aromatic heterocycles. The molecule has 0 saturated heterocycles. The van der Waals surface area contributed by atoms with Gasteiger partial charge in [0.05, 0.1) is 6.26 Å². The van der Waals surface area contributed by atoms with Crippen molar-refractivity contribution in [2.75, 3.05) is 19.4 Å². The van der Waals surface area contributed by atoms with E-state index in [0.717, 1.165) is 6.26 Å². The fourth-order valence-electron chi connectivity index (χ4n) is 0.718. The van der Waals surface area contributed by atoms with Gasteiger partial charge in [-0.1, -0.05) is 13.8 Å². The quantitative estimate of drug-likeness (QED) is 0.646. The number of hydrogen-bond acceptors (Lipinski definition) is 3. The van der Waals surface area contributed by atoms with Crippen molar-refractivity contribution in [1.82, 2.24) is 4.72 Å². The summed E-state index contributed by atoms with van der Waals surface area (Å²) in [5.74, 6) is 0. The highest BCUT2D eigenvalue weighted by atomic mass is 32.2. The predicted octanol–water partition coefficient (Wildman–Crippen LogP) is -0.0558. The van der Waals surface area contributed by atoms with Crippen molar-refractivity contribution in [3.63, 3.8) is 0 Å². The van der Waals surface area contributed by atoms with E-state index in [4.69, 9.17) is 5.11 Å². The maximum Gasteiger partial charge on any atom is 0.208 e. The van der Waals surface area contributed by atoms with Gasteiger partial charge in [0.2, 0.25) is 10.0 Å². The van der Waals surface area contributed by atoms with Crippen molar-refractivity contribution in [2.45, 2.75) is 20.3 Å². The monoisotopic (exact) mass is 195 g/mol. The van der Waals surface area contributed by atoms with E-state index >= 15 is 0 Å². The summed E-state index contributed by atoms with van der Waals surface area (Å²) in [5, 5.41) is 8.65. The van der Waals surface area contributed by atoms with Gasteiger partial charge in [-0.15, -0.1) is 0 Å². The first-order valence-corrected chi connectivity index (χ1v) is 5.71. The Morgan fingerprint density at radius 2 is 1.92 bits per heavy atom. The highest BCUT2D eigenvalue weighted by Gasteiger charge is 2.18. The molecule has 0 rings (SSSR count). The van der Waals surface area contributed by atoms with Crippen LogP contribution in [0.4, 0.5) is 0 Å². The van der Waals surface area contributed by atoms with Crippen LogP contribution in [0.15, 0.2) is 0 Å². The molecule has 0 fully saturated rings. The Bertz CT molecular complexity index is 221. The number of nitrogens with one attached hydrogen (secondary N) is 1. The van der Waals surface area contributed by atoms with Crippen molar-refractivity contribution in [3.05, 3.63) is 0 Å². The summed E-state index contributed by atoms with van der Waals surface area (Å²) >= 11 is 0. The summed E-state index contributed by atoms with van der Waals surface area (Å²) in [5.41, 5.74) is -0.183. The number of sulfonamides is 1. The number of hydrogen-bond donors (Lipinski definition) is 2. The lowest BCUT2D eigenvalue weighted by Gasteiger charge is -2.22. The van der Waals surface area contributed by atoms with Gasteiger partial charge >= 0.3 is 0 Å². The molecular formula is C7H17NO3S. The molecule has 0 heterocycles. The number of aliphatic hydroxyl groups is 1. The Morgan fingerprint density at radius 1 is 1.42 bits per heavy atom. The maximum atomic E-state index is 10.7. The van der Waals surface area contributed by atoms with Gasteiger partial charge in [0.1, 0.15) is 0 Å². The molecule has 0 aliphatic rings. The van der Waals surface area contributed by atoms with E-state index in [1.54, 1.807) is 0 Å². The summed E-state index contributed by atoms with van der Waals surface area (Å²) in [4.78, 5) is 0. The third-order valence-electron chi connectivity index (χ3n) is 1.60. The SMILES string of the molecule is CC(C)(CCO)CNS(C)(=O)=O. The third kappa shape index (κ3) is 6.57. The Kier molecular flexibility index (Phi) is 4.16. The van der Waals surface area contributed by atoms with Gasteiger partial charge in [0, 0.05) is 13.2 Å². The Balaban J connectivity index is 3.92. The molecule has 0 bridgehead atoms. The lowest BCUT2D eigenvalue weighted by molar-refractivity contribution is 0.213. The predicted molar refractivity (Wildman–Crippen MR) is 48.3 cm³/mol. The highest BCUT2D eigenvalue weighted by molar-refractivity contribution is 7.88. The zero-order valence-corrected chi connectivity index (χ0v) is 8.61. The van der Waals surface area contributed by atoms with Crippen LogP contribution in [-0.2, 0) is 10.0 Å². The lowest BCUT2D eigenvalue weighted by Crippen LogP contribution is -2.33. The van der Waals surface area contributed by atoms with Crippen LogP contribution in [-0.4, -0.2) is 32.9 Å². The van der Waals surface area contributed by atoms with Crippen molar-refractivity contribution >= 4 is 10.0 Å². The Labute approximate surface area is 74.0 Å². The van der Waals surface area contributed by atoms with Crippen molar-refractivity contribution in [1.29, 1.82) is 0 Å². The third-order valence-corrected chi connectivity index (χ3v) is 2.27. The maximum absolute atomic E-state index is 10.7. The van der Waals surface area contributed by atoms with Crippen molar-refractivity contribution in [2.24, 2.45) is 5.41 Å². The minimum absolute atomic E-state index is 0.0818. The van der Waals surface area contributed by atoms with Gasteiger partial charge in [0.15, 0.2) is 0 Å². The summed E-state index contributed by atoms with van der Waals surface area (Å²) in [6.07, 6.45) is 1.72. The molecule has 0 amide bonds. The van der Waals surface area contributed by atoms with Crippen LogP contribution in [0, 0.1) is 5.41 Å². The average molecular weight is 195 g/mol. The smallest absolute Gasteiger partial charge is 0.208 e. The average Bonchev–Trinajstić information content (AvgIpc) is 1.83. The lowest BCUT2D eigenvalue weighted by atomic mass is 9.90. The summed E-state index contributed by atoms with van der Waals surface area (Å²) < 4.78 is 23.8. The molecule has 2 N–H and O–H groups in total. The van der Waals surface area contributed by atoms with Crippen LogP contribution in [0.25, 0.3) is 0 Å². The molecule has 0 aromatic rings. The Morgan fingerprint density at radius 3 is 2.25 bits per heavy atom. The van der Waals surface area contributed by atoms with Crippen molar-refractivity contribution in [3.8, 4) is 0 Å². The summed E-state index contributed by atoms with van der Waals surface area (Å²) in [7, 11) is -3.11. The van der Waals surface area contributed by atoms with Gasteiger partial charge in [0.25, 0.3) is 0 Å². The molecule has 0 aliphatic heterocycles. The van der Waals surface area contributed by atoms with E-state index in [2.05, 4.69) is 4.72 Å². The van der Waals surface area contributed by atoms with E-state index in [9.17, 15) is 8.42 Å². The second-order valence-corrected chi connectivity index (χ2v) is 5.56. The molecule has 74 valence electrons. The molecule has 0 aliphatic carbocycles. The first-order chi connectivity index (χ1) is 5.27. The molecule has 0 aromatic carbocycles. The zero-order chi connectivity index (χ0) is 9.83. The van der Waals surface area contributed by atoms with E-state index in [1.165, 1.54) is 0 Å². The summed E-state index contributed by atoms with van der Waals surface area (Å²) in [6, 6.07) is 0. The first kappa shape index (κ1) is 11.9. The largest absolute Gasteiger partial charge is 0.396 e. The van der Waals surface area contributed by atoms with Gasteiger partial charge in [-0.2, -0.15) is 0 Å². The van der Waals surface area contributed by atoms with Crippen LogP contribution < -0.4 is 4.72 Å². The zero-order valence-electron chi connectivity index (χ0n) is 7.79. The molecule has 0 radical (unpaired) electrons. The van der Waals surface area contributed by atoms with E-state index in [0.29, 0.717) is 13.0 Å². The van der Waals surface area contributed by atoms with Gasteiger partial charge in [-0.25, -0.2) is 13.1 Å². The van der Waals surface area contributed by atoms with Gasteiger partial charge < -0.3 is 5.11 Å². The van der Waals surface area contributed by atoms with Gasteiger partial charge in [-0.3, -0.25) is 0 Å². The number of rotatable bonds is 5. The molecular weight excluding hydrogens is 178 g/mol. The van der Waals surface area contributed by atoms with E-state index < -0.39 is 10.0 Å². The minimum atomic E-state index is -3.11. The fourth-order valence-corrected chi connectivity index (χ4v) is 1.37. The fraction of sp³-hybridized carbons (Fsp3) is 1.00. The normalized spacial score (nSPS) is 13.3.